The average molecular weight is 624 g/mol. The summed E-state index contributed by atoms with van der Waals surface area (Å²) in [5.74, 6) is 0. The summed E-state index contributed by atoms with van der Waals surface area (Å²) < 4.78 is 59.2. The van der Waals surface area contributed by atoms with Crippen LogP contribution in [0.15, 0.2) is 46.2 Å². The minimum atomic E-state index is -3.94. The van der Waals surface area contributed by atoms with Crippen molar-refractivity contribution in [3.05, 3.63) is 47.0 Å². The topological polar surface area (TPSA) is 102 Å². The second-order valence-electron chi connectivity index (χ2n) is 11.2. The third-order valence-corrected chi connectivity index (χ3v) is 12.4. The zero-order valence-corrected chi connectivity index (χ0v) is 26.0. The van der Waals surface area contributed by atoms with Crippen LogP contribution in [0.2, 0.25) is 5.02 Å². The molecule has 9 nitrogen and oxygen atoms in total. The fraction of sp³-hybridized carbons (Fsp3) is 0.586. The number of hydrogen-bond acceptors (Lipinski definition) is 7. The van der Waals surface area contributed by atoms with E-state index >= 15 is 0 Å². The van der Waals surface area contributed by atoms with Crippen LogP contribution in [0.4, 0.5) is 11.4 Å². The molecule has 3 saturated heterocycles. The van der Waals surface area contributed by atoms with E-state index in [2.05, 4.69) is 15.5 Å². The molecule has 41 heavy (non-hydrogen) atoms. The lowest BCUT2D eigenvalue weighted by molar-refractivity contribution is 0.345. The van der Waals surface area contributed by atoms with Crippen LogP contribution in [0.1, 0.15) is 56.9 Å². The molecule has 3 fully saturated rings. The summed E-state index contributed by atoms with van der Waals surface area (Å²) in [5.41, 5.74) is 1.71. The number of likely N-dealkylation sites (tertiary alicyclic amines) is 1. The first-order valence-electron chi connectivity index (χ1n) is 14.9. The van der Waals surface area contributed by atoms with Crippen molar-refractivity contribution in [2.24, 2.45) is 0 Å². The Morgan fingerprint density at radius 1 is 0.659 bits per heavy atom. The molecular weight excluding hydrogens is 582 g/mol. The highest BCUT2D eigenvalue weighted by Gasteiger charge is 2.34. The Bertz CT molecular complexity index is 1400. The summed E-state index contributed by atoms with van der Waals surface area (Å²) in [6.07, 6.45) is 7.52. The van der Waals surface area contributed by atoms with Crippen LogP contribution >= 0.6 is 11.6 Å². The van der Waals surface area contributed by atoms with Gasteiger partial charge in [0, 0.05) is 50.8 Å². The lowest BCUT2D eigenvalue weighted by Crippen LogP contribution is -2.37. The molecule has 226 valence electrons. The molecule has 3 heterocycles. The van der Waals surface area contributed by atoms with Gasteiger partial charge in [0.25, 0.3) is 0 Å². The first kappa shape index (κ1) is 30.6. The lowest BCUT2D eigenvalue weighted by Gasteiger charge is -2.30. The van der Waals surface area contributed by atoms with Crippen molar-refractivity contribution < 1.29 is 16.8 Å². The highest BCUT2D eigenvalue weighted by atomic mass is 35.5. The maximum Gasteiger partial charge on any atom is 0.245 e. The average Bonchev–Trinajstić information content (AvgIpc) is 3.50. The predicted molar refractivity (Wildman–Crippen MR) is 165 cm³/mol. The van der Waals surface area contributed by atoms with E-state index in [1.54, 1.807) is 12.1 Å². The predicted octanol–water partition coefficient (Wildman–Crippen LogP) is 4.81. The van der Waals surface area contributed by atoms with Gasteiger partial charge in [-0.15, -0.1) is 0 Å². The standard InChI is InChI=1S/C29H42ClN5O4S2/c30-25-11-9-10-24(20-25)23-32-27-21-26(31-12-19-33-13-7-8-14-33)28(40(36,37)34-15-3-1-4-16-34)22-29(27)41(38,39)35-17-5-2-6-18-35/h9-11,20-22,31-32H,1-8,12-19,23H2. The summed E-state index contributed by atoms with van der Waals surface area (Å²) in [7, 11) is -7.86. The number of rotatable bonds is 11. The Hall–Kier alpha value is -1.89. The summed E-state index contributed by atoms with van der Waals surface area (Å²) in [6.45, 7) is 5.53. The van der Waals surface area contributed by atoms with Crippen LogP contribution in [-0.4, -0.2) is 82.7 Å². The molecule has 0 amide bonds. The number of piperidine rings is 2. The van der Waals surface area contributed by atoms with Gasteiger partial charge in [-0.2, -0.15) is 8.61 Å². The molecule has 0 aliphatic carbocycles. The van der Waals surface area contributed by atoms with Gasteiger partial charge in [0.1, 0.15) is 9.79 Å². The second-order valence-corrected chi connectivity index (χ2v) is 15.5. The quantitative estimate of drug-likeness (QED) is 0.370. The van der Waals surface area contributed by atoms with E-state index in [1.807, 2.05) is 18.2 Å². The van der Waals surface area contributed by atoms with E-state index in [4.69, 9.17) is 11.6 Å². The first-order chi connectivity index (χ1) is 19.7. The summed E-state index contributed by atoms with van der Waals surface area (Å²) >= 11 is 6.20. The van der Waals surface area contributed by atoms with E-state index in [0.717, 1.165) is 63.7 Å². The number of sulfonamides is 2. The monoisotopic (exact) mass is 623 g/mol. The highest BCUT2D eigenvalue weighted by Crippen LogP contribution is 2.37. The number of halogens is 1. The molecule has 0 atom stereocenters. The highest BCUT2D eigenvalue weighted by molar-refractivity contribution is 7.90. The summed E-state index contributed by atoms with van der Waals surface area (Å²) in [5, 5.41) is 7.28. The third-order valence-electron chi connectivity index (χ3n) is 8.26. The number of nitrogens with one attached hydrogen (secondary N) is 2. The number of anilines is 2. The van der Waals surface area contributed by atoms with Gasteiger partial charge in [0.15, 0.2) is 0 Å². The van der Waals surface area contributed by atoms with Gasteiger partial charge in [0.05, 0.1) is 11.4 Å². The Morgan fingerprint density at radius 3 is 1.76 bits per heavy atom. The van der Waals surface area contributed by atoms with Crippen molar-refractivity contribution in [1.29, 1.82) is 0 Å². The molecule has 0 spiro atoms. The SMILES string of the molecule is O=S(=O)(c1cc(S(=O)(=O)N2CCCCC2)c(NCc2cccc(Cl)c2)cc1NCCN1CCCC1)N1CCCCC1. The van der Waals surface area contributed by atoms with Crippen LogP contribution in [0.5, 0.6) is 0 Å². The van der Waals surface area contributed by atoms with Crippen molar-refractivity contribution in [3.63, 3.8) is 0 Å². The molecule has 2 aromatic rings. The van der Waals surface area contributed by atoms with Crippen molar-refractivity contribution >= 4 is 43.0 Å². The minimum absolute atomic E-state index is 0.00195. The van der Waals surface area contributed by atoms with Crippen molar-refractivity contribution in [2.75, 3.05) is 63.0 Å². The smallest absolute Gasteiger partial charge is 0.245 e. The maximum absolute atomic E-state index is 14.1. The number of hydrogen-bond donors (Lipinski definition) is 2. The number of nitrogens with zero attached hydrogens (tertiary/aromatic N) is 3. The van der Waals surface area contributed by atoms with Gasteiger partial charge >= 0.3 is 0 Å². The van der Waals surface area contributed by atoms with E-state index in [1.165, 1.54) is 27.5 Å². The molecule has 0 bridgehead atoms. The van der Waals surface area contributed by atoms with Crippen LogP contribution < -0.4 is 10.6 Å². The largest absolute Gasteiger partial charge is 0.383 e. The molecule has 0 unspecified atom stereocenters. The fourth-order valence-corrected chi connectivity index (χ4v) is 9.63. The molecule has 2 aromatic carbocycles. The van der Waals surface area contributed by atoms with Crippen molar-refractivity contribution in [1.82, 2.24) is 13.5 Å². The molecule has 2 N–H and O–H groups in total. The molecule has 3 aliphatic heterocycles. The van der Waals surface area contributed by atoms with Crippen LogP contribution in [0.3, 0.4) is 0 Å². The van der Waals surface area contributed by atoms with E-state index in [-0.39, 0.29) is 9.79 Å². The van der Waals surface area contributed by atoms with Gasteiger partial charge in [-0.1, -0.05) is 36.6 Å². The van der Waals surface area contributed by atoms with E-state index < -0.39 is 20.0 Å². The second kappa shape index (κ2) is 13.6. The van der Waals surface area contributed by atoms with Gasteiger partial charge in [-0.25, -0.2) is 16.8 Å². The fourth-order valence-electron chi connectivity index (χ4n) is 5.95. The molecule has 0 aromatic heterocycles. The van der Waals surface area contributed by atoms with Crippen molar-refractivity contribution in [3.8, 4) is 0 Å². The normalized spacial score (nSPS) is 19.8. The zero-order chi connectivity index (χ0) is 28.9. The molecule has 5 rings (SSSR count). The van der Waals surface area contributed by atoms with Gasteiger partial charge < -0.3 is 15.5 Å². The molecular formula is C29H42ClN5O4S2. The Kier molecular flexibility index (Phi) is 10.1. The van der Waals surface area contributed by atoms with E-state index in [0.29, 0.717) is 55.7 Å². The van der Waals surface area contributed by atoms with Crippen LogP contribution in [0, 0.1) is 0 Å². The molecule has 3 aliphatic rings. The minimum Gasteiger partial charge on any atom is -0.383 e. The molecule has 0 radical (unpaired) electrons. The Labute approximate surface area is 250 Å². The lowest BCUT2D eigenvalue weighted by atomic mass is 10.2. The number of benzene rings is 2. The Morgan fingerprint density at radius 2 is 1.20 bits per heavy atom. The van der Waals surface area contributed by atoms with Gasteiger partial charge in [-0.05, 0) is 81.4 Å². The summed E-state index contributed by atoms with van der Waals surface area (Å²) in [4.78, 5) is 2.39. The molecule has 12 heteroatoms. The Balaban J connectivity index is 1.55. The zero-order valence-electron chi connectivity index (χ0n) is 23.7. The third kappa shape index (κ3) is 7.37. The van der Waals surface area contributed by atoms with Crippen LogP contribution in [0.25, 0.3) is 0 Å². The van der Waals surface area contributed by atoms with Crippen molar-refractivity contribution in [2.45, 2.75) is 67.7 Å². The van der Waals surface area contributed by atoms with Crippen LogP contribution in [-0.2, 0) is 26.6 Å². The van der Waals surface area contributed by atoms with Gasteiger partial charge in [-0.3, -0.25) is 0 Å². The van der Waals surface area contributed by atoms with E-state index in [9.17, 15) is 16.8 Å². The first-order valence-corrected chi connectivity index (χ1v) is 18.1. The van der Waals surface area contributed by atoms with Gasteiger partial charge in [0.2, 0.25) is 20.0 Å². The molecule has 0 saturated carbocycles. The maximum atomic E-state index is 14.1. The summed E-state index contributed by atoms with van der Waals surface area (Å²) in [6, 6.07) is 10.5.